The minimum absolute atomic E-state index is 0.208. The monoisotopic (exact) mass is 490 g/mol. The fraction of sp³-hybridized carbons (Fsp3) is 0.310. The number of fused-ring (bicyclic) bond motifs is 1. The number of nitrogens with zero attached hydrogens (tertiary/aromatic N) is 1. The Balaban J connectivity index is 1.24. The molecule has 0 aromatic heterocycles. The molecular weight excluding hydrogens is 462 g/mol. The average molecular weight is 491 g/mol. The summed E-state index contributed by atoms with van der Waals surface area (Å²) in [5.41, 5.74) is 5.56. The van der Waals surface area contributed by atoms with E-state index in [1.54, 1.807) is 4.90 Å². The SMILES string of the molecule is O=C(O)CC1CCC(c2ccc(-c3ccc4c(c3)CCN4C(=O)Nc3ccc(F)c(F)c3)cc2)CC1. The Labute approximate surface area is 208 Å². The van der Waals surface area contributed by atoms with Gasteiger partial charge in [-0.1, -0.05) is 30.3 Å². The van der Waals surface area contributed by atoms with Crippen molar-refractivity contribution in [3.05, 3.63) is 83.4 Å². The second kappa shape index (κ2) is 10.1. The number of nitrogens with one attached hydrogen (secondary N) is 1. The Morgan fingerprint density at radius 2 is 1.61 bits per heavy atom. The first-order chi connectivity index (χ1) is 17.4. The zero-order valence-corrected chi connectivity index (χ0v) is 19.8. The van der Waals surface area contributed by atoms with Gasteiger partial charge in [0.05, 0.1) is 0 Å². The fourth-order valence-electron chi connectivity index (χ4n) is 5.45. The van der Waals surface area contributed by atoms with Crippen LogP contribution in [0.15, 0.2) is 60.7 Å². The third-order valence-corrected chi connectivity index (χ3v) is 7.42. The number of carboxylic acid groups (broad SMARTS) is 1. The zero-order chi connectivity index (χ0) is 25.2. The van der Waals surface area contributed by atoms with Gasteiger partial charge < -0.3 is 10.4 Å². The summed E-state index contributed by atoms with van der Waals surface area (Å²) in [4.78, 5) is 25.3. The predicted molar refractivity (Wildman–Crippen MR) is 135 cm³/mol. The lowest BCUT2D eigenvalue weighted by molar-refractivity contribution is -0.138. The molecule has 0 saturated heterocycles. The third kappa shape index (κ3) is 5.10. The minimum Gasteiger partial charge on any atom is -0.481 e. The molecule has 2 N–H and O–H groups in total. The van der Waals surface area contributed by atoms with Gasteiger partial charge in [-0.15, -0.1) is 0 Å². The summed E-state index contributed by atoms with van der Waals surface area (Å²) in [6.45, 7) is 0.512. The van der Waals surface area contributed by atoms with E-state index < -0.39 is 17.6 Å². The van der Waals surface area contributed by atoms with E-state index in [2.05, 4.69) is 35.6 Å². The largest absolute Gasteiger partial charge is 0.481 e. The van der Waals surface area contributed by atoms with Crippen molar-refractivity contribution in [1.29, 1.82) is 0 Å². The number of carbonyl (C=O) groups is 2. The Morgan fingerprint density at radius 3 is 2.31 bits per heavy atom. The number of carboxylic acids is 1. The molecule has 3 aromatic rings. The van der Waals surface area contributed by atoms with E-state index in [1.807, 2.05) is 12.1 Å². The molecule has 1 fully saturated rings. The summed E-state index contributed by atoms with van der Waals surface area (Å²) in [6, 6.07) is 17.5. The summed E-state index contributed by atoms with van der Waals surface area (Å²) in [7, 11) is 0. The van der Waals surface area contributed by atoms with E-state index in [4.69, 9.17) is 5.11 Å². The first-order valence-corrected chi connectivity index (χ1v) is 12.4. The molecule has 0 unspecified atom stereocenters. The fourth-order valence-corrected chi connectivity index (χ4v) is 5.45. The highest BCUT2D eigenvalue weighted by molar-refractivity contribution is 6.03. The molecule has 186 valence electrons. The lowest BCUT2D eigenvalue weighted by Crippen LogP contribution is -2.33. The van der Waals surface area contributed by atoms with Crippen LogP contribution in [0.5, 0.6) is 0 Å². The second-order valence-electron chi connectivity index (χ2n) is 9.74. The molecule has 0 bridgehead atoms. The average Bonchev–Trinajstić information content (AvgIpc) is 3.30. The van der Waals surface area contributed by atoms with Crippen molar-refractivity contribution in [2.24, 2.45) is 5.92 Å². The number of amides is 2. The Morgan fingerprint density at radius 1 is 0.889 bits per heavy atom. The normalized spacial score (nSPS) is 19.1. The predicted octanol–water partition coefficient (Wildman–Crippen LogP) is 6.97. The number of hydrogen-bond acceptors (Lipinski definition) is 2. The van der Waals surface area contributed by atoms with Crippen molar-refractivity contribution < 1.29 is 23.5 Å². The van der Waals surface area contributed by atoms with Crippen LogP contribution in [0, 0.1) is 17.6 Å². The molecule has 3 aromatic carbocycles. The van der Waals surface area contributed by atoms with Crippen molar-refractivity contribution in [2.45, 2.75) is 44.4 Å². The van der Waals surface area contributed by atoms with Crippen molar-refractivity contribution in [3.63, 3.8) is 0 Å². The van der Waals surface area contributed by atoms with Crippen LogP contribution in [0.2, 0.25) is 0 Å². The number of hydrogen-bond donors (Lipinski definition) is 2. The summed E-state index contributed by atoms with van der Waals surface area (Å²) < 4.78 is 26.6. The zero-order valence-electron chi connectivity index (χ0n) is 19.8. The topological polar surface area (TPSA) is 69.6 Å². The highest BCUT2D eigenvalue weighted by Crippen LogP contribution is 2.38. The standard InChI is InChI=1S/C29H28F2N2O3/c30-25-11-10-24(17-26(25)31)32-29(36)33-14-13-23-16-22(9-12-27(23)33)21-7-5-20(6-8-21)19-3-1-18(2-4-19)15-28(34)35/h5-12,16-19H,1-4,13-15H2,(H,32,36)(H,34,35). The van der Waals surface area contributed by atoms with Gasteiger partial charge in [-0.25, -0.2) is 13.6 Å². The summed E-state index contributed by atoms with van der Waals surface area (Å²) in [5.74, 6) is -1.89. The molecule has 0 radical (unpaired) electrons. The highest BCUT2D eigenvalue weighted by Gasteiger charge is 2.26. The molecule has 1 saturated carbocycles. The maximum absolute atomic E-state index is 13.5. The Hall–Kier alpha value is -3.74. The first-order valence-electron chi connectivity index (χ1n) is 12.4. The van der Waals surface area contributed by atoms with Crippen LogP contribution in [-0.2, 0) is 11.2 Å². The van der Waals surface area contributed by atoms with Crippen LogP contribution in [0.3, 0.4) is 0 Å². The van der Waals surface area contributed by atoms with E-state index in [0.29, 0.717) is 24.8 Å². The maximum Gasteiger partial charge on any atom is 0.326 e. The van der Waals surface area contributed by atoms with Crippen LogP contribution >= 0.6 is 0 Å². The summed E-state index contributed by atoms with van der Waals surface area (Å²) in [5, 5.41) is 11.7. The lowest BCUT2D eigenvalue weighted by Gasteiger charge is -2.28. The van der Waals surface area contributed by atoms with Gasteiger partial charge in [-0.05, 0) is 90.5 Å². The van der Waals surface area contributed by atoms with Crippen molar-refractivity contribution in [2.75, 3.05) is 16.8 Å². The van der Waals surface area contributed by atoms with Gasteiger partial charge in [0, 0.05) is 30.4 Å². The van der Waals surface area contributed by atoms with Gasteiger partial charge in [0.1, 0.15) is 0 Å². The molecule has 7 heteroatoms. The van der Waals surface area contributed by atoms with E-state index >= 15 is 0 Å². The Bertz CT molecular complexity index is 1280. The molecule has 2 aliphatic rings. The molecule has 5 rings (SSSR count). The van der Waals surface area contributed by atoms with Gasteiger partial charge >= 0.3 is 12.0 Å². The van der Waals surface area contributed by atoms with Crippen molar-refractivity contribution >= 4 is 23.4 Å². The van der Waals surface area contributed by atoms with Crippen LogP contribution in [0.25, 0.3) is 11.1 Å². The number of rotatable bonds is 5. The third-order valence-electron chi connectivity index (χ3n) is 7.42. The number of benzene rings is 3. The molecule has 1 heterocycles. The second-order valence-corrected chi connectivity index (χ2v) is 9.74. The Kier molecular flexibility index (Phi) is 6.72. The van der Waals surface area contributed by atoms with Crippen molar-refractivity contribution in [1.82, 2.24) is 0 Å². The molecular formula is C29H28F2N2O3. The van der Waals surface area contributed by atoms with Gasteiger partial charge in [0.2, 0.25) is 0 Å². The van der Waals surface area contributed by atoms with E-state index in [1.165, 1.54) is 11.6 Å². The number of carbonyl (C=O) groups excluding carboxylic acids is 1. The highest BCUT2D eigenvalue weighted by atomic mass is 19.2. The molecule has 5 nitrogen and oxygen atoms in total. The molecule has 2 amide bonds. The minimum atomic E-state index is -1.00. The number of aliphatic carboxylic acids is 1. The smallest absolute Gasteiger partial charge is 0.326 e. The van der Waals surface area contributed by atoms with Crippen molar-refractivity contribution in [3.8, 4) is 11.1 Å². The van der Waals surface area contributed by atoms with Crippen LogP contribution in [-0.4, -0.2) is 23.7 Å². The van der Waals surface area contributed by atoms with Crippen LogP contribution < -0.4 is 10.2 Å². The number of halogens is 2. The summed E-state index contributed by atoms with van der Waals surface area (Å²) in [6.07, 6.45) is 4.96. The lowest BCUT2D eigenvalue weighted by atomic mass is 9.77. The van der Waals surface area contributed by atoms with E-state index in [9.17, 15) is 18.4 Å². The van der Waals surface area contributed by atoms with E-state index in [0.717, 1.165) is 60.2 Å². The van der Waals surface area contributed by atoms with Gasteiger partial charge in [0.15, 0.2) is 11.6 Å². The molecule has 1 aliphatic carbocycles. The maximum atomic E-state index is 13.5. The first kappa shape index (κ1) is 24.0. The quantitative estimate of drug-likeness (QED) is 0.406. The van der Waals surface area contributed by atoms with Gasteiger partial charge in [0.25, 0.3) is 0 Å². The van der Waals surface area contributed by atoms with Crippen LogP contribution in [0.4, 0.5) is 25.0 Å². The van der Waals surface area contributed by atoms with E-state index in [-0.39, 0.29) is 18.1 Å². The number of anilines is 2. The van der Waals surface area contributed by atoms with Crippen LogP contribution in [0.1, 0.15) is 49.1 Å². The molecule has 0 atom stereocenters. The number of urea groups is 1. The van der Waals surface area contributed by atoms with Gasteiger partial charge in [-0.3, -0.25) is 9.69 Å². The van der Waals surface area contributed by atoms with Gasteiger partial charge in [-0.2, -0.15) is 0 Å². The molecule has 36 heavy (non-hydrogen) atoms. The summed E-state index contributed by atoms with van der Waals surface area (Å²) >= 11 is 0. The molecule has 0 spiro atoms. The molecule has 1 aliphatic heterocycles.